The molecule has 0 bridgehead atoms. The Morgan fingerprint density at radius 2 is 1.80 bits per heavy atom. The van der Waals surface area contributed by atoms with Crippen molar-refractivity contribution in [3.8, 4) is 0 Å². The molecule has 0 radical (unpaired) electrons. The van der Waals surface area contributed by atoms with Crippen LogP contribution in [0.5, 0.6) is 0 Å². The van der Waals surface area contributed by atoms with E-state index in [0.29, 0.717) is 0 Å². The topological polar surface area (TPSA) is 107 Å². The summed E-state index contributed by atoms with van der Waals surface area (Å²) in [4.78, 5) is 10.7. The Morgan fingerprint density at radius 1 is 1.20 bits per heavy atom. The first kappa shape index (κ1) is 12.9. The number of ether oxygens (including phenoxy) is 1. The molecule has 0 aliphatic carbocycles. The van der Waals surface area contributed by atoms with Gasteiger partial charge in [-0.1, -0.05) is 11.8 Å². The van der Waals surface area contributed by atoms with Gasteiger partial charge in [0.05, 0.1) is 6.10 Å². The summed E-state index contributed by atoms with van der Waals surface area (Å²) in [6.45, 7) is 1.36. The Morgan fingerprint density at radius 3 is 2.33 bits per heavy atom. The first-order chi connectivity index (χ1) is 6.93. The maximum absolute atomic E-state index is 10.7. The molecule has 1 aliphatic heterocycles. The van der Waals surface area contributed by atoms with Crippen LogP contribution < -0.4 is 0 Å². The van der Waals surface area contributed by atoms with Crippen molar-refractivity contribution < 1.29 is 30.0 Å². The summed E-state index contributed by atoms with van der Waals surface area (Å²) in [6, 6.07) is 0. The molecule has 1 unspecified atom stereocenters. The Bertz CT molecular complexity index is 235. The molecule has 0 spiro atoms. The van der Waals surface area contributed by atoms with Crippen LogP contribution in [0.3, 0.4) is 0 Å². The fourth-order valence-electron chi connectivity index (χ4n) is 1.27. The van der Waals surface area contributed by atoms with Crippen molar-refractivity contribution >= 4 is 16.9 Å². The SMILES string of the molecule is CC(=O)SC[C@H]1OC(O)[C@H](O)[C@@H](O)[C@H]1O. The van der Waals surface area contributed by atoms with Gasteiger partial charge < -0.3 is 25.2 Å². The number of hydrogen-bond donors (Lipinski definition) is 4. The van der Waals surface area contributed by atoms with Crippen molar-refractivity contribution in [1.29, 1.82) is 0 Å². The first-order valence-corrected chi connectivity index (χ1v) is 5.43. The molecule has 1 rings (SSSR count). The Labute approximate surface area is 90.9 Å². The van der Waals surface area contributed by atoms with Crippen LogP contribution in [0.4, 0.5) is 0 Å². The molecule has 1 heterocycles. The zero-order chi connectivity index (χ0) is 11.6. The maximum Gasteiger partial charge on any atom is 0.185 e. The second-order valence-electron chi connectivity index (χ2n) is 3.34. The molecule has 1 fully saturated rings. The fraction of sp³-hybridized carbons (Fsp3) is 0.875. The van der Waals surface area contributed by atoms with Crippen LogP contribution in [0, 0.1) is 0 Å². The molecule has 5 atom stereocenters. The molecule has 15 heavy (non-hydrogen) atoms. The molecule has 0 aromatic rings. The summed E-state index contributed by atoms with van der Waals surface area (Å²) < 4.78 is 4.85. The number of thioether (sulfide) groups is 1. The average Bonchev–Trinajstić information content (AvgIpc) is 2.18. The van der Waals surface area contributed by atoms with E-state index in [9.17, 15) is 15.0 Å². The Kier molecular flexibility index (Phi) is 4.50. The van der Waals surface area contributed by atoms with Gasteiger partial charge in [0.15, 0.2) is 11.4 Å². The van der Waals surface area contributed by atoms with Gasteiger partial charge in [-0.2, -0.15) is 0 Å². The van der Waals surface area contributed by atoms with Crippen LogP contribution in [-0.2, 0) is 9.53 Å². The van der Waals surface area contributed by atoms with Crippen LogP contribution >= 0.6 is 11.8 Å². The van der Waals surface area contributed by atoms with Crippen molar-refractivity contribution in [2.75, 3.05) is 5.75 Å². The lowest BCUT2D eigenvalue weighted by Crippen LogP contribution is -2.58. The number of carbonyl (C=O) groups is 1. The highest BCUT2D eigenvalue weighted by molar-refractivity contribution is 8.13. The van der Waals surface area contributed by atoms with Crippen molar-refractivity contribution in [1.82, 2.24) is 0 Å². The van der Waals surface area contributed by atoms with Crippen LogP contribution in [0.2, 0.25) is 0 Å². The zero-order valence-corrected chi connectivity index (χ0v) is 8.92. The summed E-state index contributed by atoms with van der Waals surface area (Å²) >= 11 is 0.919. The zero-order valence-electron chi connectivity index (χ0n) is 8.11. The number of carbonyl (C=O) groups excluding carboxylic acids is 1. The molecule has 7 heteroatoms. The molecular formula is C8H14O6S. The summed E-state index contributed by atoms with van der Waals surface area (Å²) in [5, 5.41) is 37.0. The molecule has 0 aromatic heterocycles. The van der Waals surface area contributed by atoms with E-state index in [-0.39, 0.29) is 10.9 Å². The van der Waals surface area contributed by atoms with Gasteiger partial charge in [-0.05, 0) is 0 Å². The van der Waals surface area contributed by atoms with E-state index in [1.165, 1.54) is 6.92 Å². The van der Waals surface area contributed by atoms with E-state index in [1.807, 2.05) is 0 Å². The number of hydrogen-bond acceptors (Lipinski definition) is 7. The lowest BCUT2D eigenvalue weighted by atomic mass is 10.0. The van der Waals surface area contributed by atoms with Gasteiger partial charge in [0.25, 0.3) is 0 Å². The Balaban J connectivity index is 2.54. The third-order valence-corrected chi connectivity index (χ3v) is 3.04. The predicted octanol–water partition coefficient (Wildman–Crippen LogP) is -1.93. The molecule has 1 saturated heterocycles. The largest absolute Gasteiger partial charge is 0.388 e. The van der Waals surface area contributed by atoms with E-state index >= 15 is 0 Å². The third kappa shape index (κ3) is 3.13. The lowest BCUT2D eigenvalue weighted by molar-refractivity contribution is -0.276. The minimum atomic E-state index is -1.54. The molecule has 1 aliphatic rings. The van der Waals surface area contributed by atoms with Crippen molar-refractivity contribution in [3.63, 3.8) is 0 Å². The highest BCUT2D eigenvalue weighted by atomic mass is 32.2. The summed E-state index contributed by atoms with van der Waals surface area (Å²) in [7, 11) is 0. The molecule has 0 aromatic carbocycles. The van der Waals surface area contributed by atoms with E-state index in [0.717, 1.165) is 11.8 Å². The quantitative estimate of drug-likeness (QED) is 0.443. The third-order valence-electron chi connectivity index (χ3n) is 2.14. The second-order valence-corrected chi connectivity index (χ2v) is 4.54. The second kappa shape index (κ2) is 5.24. The van der Waals surface area contributed by atoms with Gasteiger partial charge in [-0.3, -0.25) is 4.79 Å². The predicted molar refractivity (Wildman–Crippen MR) is 52.0 cm³/mol. The van der Waals surface area contributed by atoms with E-state index in [1.54, 1.807) is 0 Å². The smallest absolute Gasteiger partial charge is 0.185 e. The maximum atomic E-state index is 10.7. The molecular weight excluding hydrogens is 224 g/mol. The van der Waals surface area contributed by atoms with Crippen LogP contribution in [0.15, 0.2) is 0 Å². The van der Waals surface area contributed by atoms with E-state index < -0.39 is 30.7 Å². The monoisotopic (exact) mass is 238 g/mol. The molecule has 0 saturated carbocycles. The first-order valence-electron chi connectivity index (χ1n) is 4.44. The van der Waals surface area contributed by atoms with E-state index in [2.05, 4.69) is 0 Å². The normalized spacial score (nSPS) is 41.5. The van der Waals surface area contributed by atoms with Gasteiger partial charge in [0, 0.05) is 12.7 Å². The van der Waals surface area contributed by atoms with Gasteiger partial charge in [0.2, 0.25) is 0 Å². The Hall–Kier alpha value is -0.180. The average molecular weight is 238 g/mol. The summed E-state index contributed by atoms with van der Waals surface area (Å²) in [6.07, 6.45) is -6.71. The molecule has 6 nitrogen and oxygen atoms in total. The van der Waals surface area contributed by atoms with Crippen molar-refractivity contribution in [2.24, 2.45) is 0 Å². The summed E-state index contributed by atoms with van der Waals surface area (Å²) in [5.41, 5.74) is 0. The van der Waals surface area contributed by atoms with Gasteiger partial charge in [-0.15, -0.1) is 0 Å². The lowest BCUT2D eigenvalue weighted by Gasteiger charge is -2.38. The van der Waals surface area contributed by atoms with Gasteiger partial charge >= 0.3 is 0 Å². The summed E-state index contributed by atoms with van der Waals surface area (Å²) in [5.74, 6) is 0.122. The number of aliphatic hydroxyl groups excluding tert-OH is 4. The molecule has 0 amide bonds. The molecule has 88 valence electrons. The number of aliphatic hydroxyl groups is 4. The van der Waals surface area contributed by atoms with Crippen molar-refractivity contribution in [3.05, 3.63) is 0 Å². The highest BCUT2D eigenvalue weighted by Crippen LogP contribution is 2.22. The van der Waals surface area contributed by atoms with Crippen LogP contribution in [0.25, 0.3) is 0 Å². The van der Waals surface area contributed by atoms with Crippen molar-refractivity contribution in [2.45, 2.75) is 37.6 Å². The minimum absolute atomic E-state index is 0.122. The minimum Gasteiger partial charge on any atom is -0.388 e. The van der Waals surface area contributed by atoms with Gasteiger partial charge in [0.1, 0.15) is 18.3 Å². The standard InChI is InChI=1S/C8H14O6S/c1-3(9)15-2-4-5(10)6(11)7(12)8(13)14-4/h4-8,10-13H,2H2,1H3/t4-,5+,6+,7-,8?/m1/s1. The van der Waals surface area contributed by atoms with Crippen LogP contribution in [-0.4, -0.2) is 62.0 Å². The molecule has 4 N–H and O–H groups in total. The highest BCUT2D eigenvalue weighted by Gasteiger charge is 2.42. The van der Waals surface area contributed by atoms with Gasteiger partial charge in [-0.25, -0.2) is 0 Å². The van der Waals surface area contributed by atoms with E-state index in [4.69, 9.17) is 14.9 Å². The van der Waals surface area contributed by atoms with Crippen LogP contribution in [0.1, 0.15) is 6.92 Å². The fourth-order valence-corrected chi connectivity index (χ4v) is 1.94. The number of rotatable bonds is 2.